The summed E-state index contributed by atoms with van der Waals surface area (Å²) >= 11 is 0. The van der Waals surface area contributed by atoms with Gasteiger partial charge in [-0.2, -0.15) is 0 Å². The average Bonchev–Trinajstić information content (AvgIpc) is 2.65. The fraction of sp³-hybridized carbons (Fsp3) is 0.417. The molecule has 0 atom stereocenters. The van der Waals surface area contributed by atoms with Crippen LogP contribution in [0.15, 0.2) is 48.0 Å². The van der Waals surface area contributed by atoms with Crippen molar-refractivity contribution in [2.45, 2.75) is 40.5 Å². The molecule has 0 radical (unpaired) electrons. The molecule has 0 fully saturated rings. The van der Waals surface area contributed by atoms with Gasteiger partial charge < -0.3 is 10.6 Å². The molecular formula is C24H32N2O2. The standard InChI is InChI=1S/C24H32N2O2/c1-17(2)12-14-25-23(27)22(24(28)26-15-13-18(3)4)16-20-10-7-9-19-8-5-6-11-21(19)20/h5-11,16-18H,12-15H2,1-4H3,(H,25,27)(H,26,28). The molecule has 28 heavy (non-hydrogen) atoms. The second kappa shape index (κ2) is 10.6. The lowest BCUT2D eigenvalue weighted by Gasteiger charge is -2.12. The first-order chi connectivity index (χ1) is 13.4. The first-order valence-corrected chi connectivity index (χ1v) is 10.1. The predicted molar refractivity (Wildman–Crippen MR) is 117 cm³/mol. The zero-order chi connectivity index (χ0) is 20.5. The Morgan fingerprint density at radius 1 is 0.821 bits per heavy atom. The van der Waals surface area contributed by atoms with Crippen LogP contribution in [0.1, 0.15) is 46.1 Å². The van der Waals surface area contributed by atoms with E-state index >= 15 is 0 Å². The fourth-order valence-corrected chi connectivity index (χ4v) is 2.91. The molecule has 150 valence electrons. The van der Waals surface area contributed by atoms with Gasteiger partial charge in [-0.15, -0.1) is 0 Å². The predicted octanol–water partition coefficient (Wildman–Crippen LogP) is 4.55. The highest BCUT2D eigenvalue weighted by molar-refractivity contribution is 6.22. The molecule has 2 aromatic rings. The van der Waals surface area contributed by atoms with Crippen molar-refractivity contribution in [3.63, 3.8) is 0 Å². The number of benzene rings is 2. The summed E-state index contributed by atoms with van der Waals surface area (Å²) in [6.45, 7) is 9.55. The Balaban J connectivity index is 2.29. The van der Waals surface area contributed by atoms with E-state index in [9.17, 15) is 9.59 Å². The van der Waals surface area contributed by atoms with E-state index in [0.29, 0.717) is 24.9 Å². The van der Waals surface area contributed by atoms with Crippen molar-refractivity contribution in [1.82, 2.24) is 10.6 Å². The van der Waals surface area contributed by atoms with Crippen LogP contribution in [0, 0.1) is 11.8 Å². The van der Waals surface area contributed by atoms with Crippen LogP contribution in [0.4, 0.5) is 0 Å². The first-order valence-electron chi connectivity index (χ1n) is 10.1. The fourth-order valence-electron chi connectivity index (χ4n) is 2.91. The summed E-state index contributed by atoms with van der Waals surface area (Å²) in [6, 6.07) is 13.9. The zero-order valence-electron chi connectivity index (χ0n) is 17.4. The van der Waals surface area contributed by atoms with Gasteiger partial charge >= 0.3 is 0 Å². The van der Waals surface area contributed by atoms with Gasteiger partial charge in [-0.05, 0) is 47.1 Å². The van der Waals surface area contributed by atoms with Crippen LogP contribution in [-0.2, 0) is 9.59 Å². The second-order valence-corrected chi connectivity index (χ2v) is 8.00. The number of rotatable bonds is 9. The Morgan fingerprint density at radius 3 is 1.93 bits per heavy atom. The molecule has 0 aliphatic carbocycles. The summed E-state index contributed by atoms with van der Waals surface area (Å²) in [5.41, 5.74) is 1.02. The van der Waals surface area contributed by atoms with E-state index in [4.69, 9.17) is 0 Å². The number of amides is 2. The van der Waals surface area contributed by atoms with E-state index in [2.05, 4.69) is 38.3 Å². The summed E-state index contributed by atoms with van der Waals surface area (Å²) in [5, 5.41) is 7.89. The summed E-state index contributed by atoms with van der Waals surface area (Å²) in [7, 11) is 0. The van der Waals surface area contributed by atoms with Crippen LogP contribution in [-0.4, -0.2) is 24.9 Å². The molecule has 0 aromatic heterocycles. The van der Waals surface area contributed by atoms with Crippen molar-refractivity contribution in [1.29, 1.82) is 0 Å². The van der Waals surface area contributed by atoms with Crippen LogP contribution in [0.2, 0.25) is 0 Å². The van der Waals surface area contributed by atoms with Gasteiger partial charge in [-0.25, -0.2) is 0 Å². The lowest BCUT2D eigenvalue weighted by Crippen LogP contribution is -2.36. The van der Waals surface area contributed by atoms with Gasteiger partial charge in [0.2, 0.25) is 0 Å². The molecule has 4 nitrogen and oxygen atoms in total. The van der Waals surface area contributed by atoms with E-state index in [1.165, 1.54) is 0 Å². The number of fused-ring (bicyclic) bond motifs is 1. The van der Waals surface area contributed by atoms with Crippen molar-refractivity contribution in [3.05, 3.63) is 53.6 Å². The Hall–Kier alpha value is -2.62. The van der Waals surface area contributed by atoms with Gasteiger partial charge in [0.15, 0.2) is 0 Å². The lowest BCUT2D eigenvalue weighted by molar-refractivity contribution is -0.123. The van der Waals surface area contributed by atoms with E-state index < -0.39 is 0 Å². The van der Waals surface area contributed by atoms with Gasteiger partial charge in [0.25, 0.3) is 11.8 Å². The van der Waals surface area contributed by atoms with Gasteiger partial charge in [0, 0.05) is 13.1 Å². The third kappa shape index (κ3) is 6.52. The summed E-state index contributed by atoms with van der Waals surface area (Å²) in [6.07, 6.45) is 3.46. The highest BCUT2D eigenvalue weighted by Crippen LogP contribution is 2.21. The lowest BCUT2D eigenvalue weighted by atomic mass is 10.0. The molecule has 0 bridgehead atoms. The minimum Gasteiger partial charge on any atom is -0.352 e. The Morgan fingerprint density at radius 2 is 1.36 bits per heavy atom. The molecule has 0 unspecified atom stereocenters. The van der Waals surface area contributed by atoms with Crippen LogP contribution in [0.3, 0.4) is 0 Å². The number of nitrogens with one attached hydrogen (secondary N) is 2. The maximum absolute atomic E-state index is 12.8. The molecule has 0 saturated carbocycles. The highest BCUT2D eigenvalue weighted by atomic mass is 16.2. The summed E-state index contributed by atoms with van der Waals surface area (Å²) < 4.78 is 0. The molecule has 4 heteroatoms. The van der Waals surface area contributed by atoms with Crippen LogP contribution in [0.5, 0.6) is 0 Å². The first kappa shape index (κ1) is 21.7. The molecular weight excluding hydrogens is 348 g/mol. The molecule has 0 aliphatic rings. The topological polar surface area (TPSA) is 58.2 Å². The molecule has 2 aromatic carbocycles. The zero-order valence-corrected chi connectivity index (χ0v) is 17.4. The smallest absolute Gasteiger partial charge is 0.256 e. The van der Waals surface area contributed by atoms with Crippen molar-refractivity contribution in [3.8, 4) is 0 Å². The quantitative estimate of drug-likeness (QED) is 0.381. The third-order valence-corrected chi connectivity index (χ3v) is 4.63. The van der Waals surface area contributed by atoms with E-state index in [0.717, 1.165) is 29.2 Å². The molecule has 0 heterocycles. The second-order valence-electron chi connectivity index (χ2n) is 8.00. The minimum atomic E-state index is -0.323. The van der Waals surface area contributed by atoms with Gasteiger partial charge in [-0.3, -0.25) is 9.59 Å². The SMILES string of the molecule is CC(C)CCNC(=O)C(=Cc1cccc2ccccc12)C(=O)NCCC(C)C. The monoisotopic (exact) mass is 380 g/mol. The van der Waals surface area contributed by atoms with Crippen molar-refractivity contribution >= 4 is 28.7 Å². The average molecular weight is 381 g/mol. The maximum atomic E-state index is 12.8. The Bertz CT molecular complexity index is 804. The van der Waals surface area contributed by atoms with Crippen LogP contribution in [0.25, 0.3) is 16.8 Å². The highest BCUT2D eigenvalue weighted by Gasteiger charge is 2.18. The van der Waals surface area contributed by atoms with E-state index in [1.807, 2.05) is 42.5 Å². The van der Waals surface area contributed by atoms with E-state index in [1.54, 1.807) is 6.08 Å². The Labute approximate surface area is 168 Å². The molecule has 0 saturated heterocycles. The van der Waals surface area contributed by atoms with Crippen LogP contribution >= 0.6 is 0 Å². The summed E-state index contributed by atoms with van der Waals surface area (Å²) in [5.74, 6) is 0.336. The number of hydrogen-bond acceptors (Lipinski definition) is 2. The van der Waals surface area contributed by atoms with Crippen molar-refractivity contribution in [2.24, 2.45) is 11.8 Å². The Kier molecular flexibility index (Phi) is 8.24. The number of hydrogen-bond donors (Lipinski definition) is 2. The normalized spacial score (nSPS) is 10.9. The van der Waals surface area contributed by atoms with Gasteiger partial charge in [0.1, 0.15) is 5.57 Å². The third-order valence-electron chi connectivity index (χ3n) is 4.63. The van der Waals surface area contributed by atoms with E-state index in [-0.39, 0.29) is 17.4 Å². The minimum absolute atomic E-state index is 0.156. The van der Waals surface area contributed by atoms with Crippen molar-refractivity contribution in [2.75, 3.05) is 13.1 Å². The van der Waals surface area contributed by atoms with Gasteiger partial charge in [-0.1, -0.05) is 70.2 Å². The maximum Gasteiger partial charge on any atom is 0.256 e. The van der Waals surface area contributed by atoms with Gasteiger partial charge in [0.05, 0.1) is 0 Å². The van der Waals surface area contributed by atoms with Crippen molar-refractivity contribution < 1.29 is 9.59 Å². The molecule has 0 spiro atoms. The number of carbonyl (C=O) groups excluding carboxylic acids is 2. The van der Waals surface area contributed by atoms with Crippen LogP contribution < -0.4 is 10.6 Å². The largest absolute Gasteiger partial charge is 0.352 e. The molecule has 0 aliphatic heterocycles. The number of carbonyl (C=O) groups is 2. The molecule has 2 rings (SSSR count). The molecule has 2 amide bonds. The summed E-state index contributed by atoms with van der Waals surface area (Å²) in [4.78, 5) is 25.5. The molecule has 2 N–H and O–H groups in total.